The fourth-order valence-corrected chi connectivity index (χ4v) is 2.44. The van der Waals surface area contributed by atoms with Gasteiger partial charge in [0.1, 0.15) is 5.82 Å². The van der Waals surface area contributed by atoms with E-state index >= 15 is 0 Å². The van der Waals surface area contributed by atoms with Crippen LogP contribution in [0.1, 0.15) is 17.4 Å². The molecule has 0 saturated heterocycles. The van der Waals surface area contributed by atoms with Crippen molar-refractivity contribution in [2.45, 2.75) is 13.0 Å². The average molecular weight is 383 g/mol. The molecule has 0 radical (unpaired) electrons. The third kappa shape index (κ3) is 4.35. The number of halogens is 1. The van der Waals surface area contributed by atoms with Gasteiger partial charge in [-0.05, 0) is 37.3 Å². The molecule has 0 saturated carbocycles. The third-order valence-corrected chi connectivity index (χ3v) is 3.86. The van der Waals surface area contributed by atoms with Gasteiger partial charge >= 0.3 is 5.97 Å². The molecule has 0 fully saturated rings. The maximum Gasteiger partial charge on any atom is 0.363 e. The lowest BCUT2D eigenvalue weighted by molar-refractivity contribution is -0.123. The first-order valence-electron chi connectivity index (χ1n) is 8.44. The number of nitrogens with one attached hydrogen (secondary N) is 1. The summed E-state index contributed by atoms with van der Waals surface area (Å²) in [6, 6.07) is 14.6. The van der Waals surface area contributed by atoms with Crippen LogP contribution in [0.2, 0.25) is 0 Å². The molecule has 1 N–H and O–H groups in total. The predicted molar refractivity (Wildman–Crippen MR) is 100 cm³/mol. The van der Waals surface area contributed by atoms with Crippen molar-refractivity contribution in [2.75, 3.05) is 12.4 Å². The molecule has 0 aliphatic rings. The number of anilines is 1. The van der Waals surface area contributed by atoms with E-state index in [-0.39, 0.29) is 17.1 Å². The minimum atomic E-state index is -1.12. The lowest BCUT2D eigenvalue weighted by Gasteiger charge is -2.13. The fourth-order valence-electron chi connectivity index (χ4n) is 2.44. The van der Waals surface area contributed by atoms with Crippen LogP contribution in [0.4, 0.5) is 10.1 Å². The van der Waals surface area contributed by atoms with Crippen LogP contribution in [-0.2, 0) is 9.53 Å². The Labute approximate surface area is 160 Å². The molecule has 28 heavy (non-hydrogen) atoms. The smallest absolute Gasteiger partial charge is 0.363 e. The largest absolute Gasteiger partial charge is 0.493 e. The number of nitrogens with zero attached hydrogens (tertiary/aromatic N) is 2. The summed E-state index contributed by atoms with van der Waals surface area (Å²) in [7, 11) is 1.41. The molecule has 0 aliphatic heterocycles. The molecule has 1 atom stereocenters. The summed E-state index contributed by atoms with van der Waals surface area (Å²) in [5.41, 5.74) is 0.937. The first-order valence-corrected chi connectivity index (χ1v) is 8.44. The number of carbonyl (C=O) groups excluding carboxylic acids is 2. The van der Waals surface area contributed by atoms with Crippen molar-refractivity contribution in [3.63, 3.8) is 0 Å². The highest BCUT2D eigenvalue weighted by molar-refractivity contribution is 5.97. The summed E-state index contributed by atoms with van der Waals surface area (Å²) in [6.45, 7) is 1.41. The van der Waals surface area contributed by atoms with Gasteiger partial charge in [-0.15, -0.1) is 0 Å². The van der Waals surface area contributed by atoms with Crippen LogP contribution in [0.25, 0.3) is 5.69 Å². The minimum Gasteiger partial charge on any atom is -0.493 e. The van der Waals surface area contributed by atoms with Crippen molar-refractivity contribution >= 4 is 17.6 Å². The number of hydrogen-bond acceptors (Lipinski definition) is 5. The summed E-state index contributed by atoms with van der Waals surface area (Å²) >= 11 is 0. The highest BCUT2D eigenvalue weighted by atomic mass is 19.1. The summed E-state index contributed by atoms with van der Waals surface area (Å²) in [5, 5.41) is 6.68. The number of ether oxygens (including phenoxy) is 2. The summed E-state index contributed by atoms with van der Waals surface area (Å²) in [4.78, 5) is 24.7. The third-order valence-electron chi connectivity index (χ3n) is 3.86. The Morgan fingerprint density at radius 1 is 1.14 bits per heavy atom. The van der Waals surface area contributed by atoms with Crippen molar-refractivity contribution in [1.82, 2.24) is 9.78 Å². The number of methoxy groups -OCH3 is 1. The van der Waals surface area contributed by atoms with Gasteiger partial charge in [0.05, 0.1) is 19.0 Å². The van der Waals surface area contributed by atoms with Gasteiger partial charge in [0.15, 0.2) is 11.9 Å². The molecule has 8 heteroatoms. The number of hydrogen-bond donors (Lipinski definition) is 1. The predicted octanol–water partition coefficient (Wildman–Crippen LogP) is 3.20. The van der Waals surface area contributed by atoms with E-state index in [4.69, 9.17) is 9.47 Å². The van der Waals surface area contributed by atoms with E-state index in [9.17, 15) is 14.0 Å². The number of esters is 1. The summed E-state index contributed by atoms with van der Waals surface area (Å²) in [6.07, 6.45) is 0.422. The minimum absolute atomic E-state index is 0.0586. The molecule has 1 amide bonds. The van der Waals surface area contributed by atoms with E-state index in [0.717, 1.165) is 11.8 Å². The average Bonchev–Trinajstić information content (AvgIpc) is 3.13. The number of amides is 1. The second-order valence-corrected chi connectivity index (χ2v) is 5.87. The van der Waals surface area contributed by atoms with Crippen molar-refractivity contribution in [2.24, 2.45) is 0 Å². The number of para-hydroxylation sites is 1. The number of benzene rings is 2. The van der Waals surface area contributed by atoms with E-state index < -0.39 is 23.8 Å². The van der Waals surface area contributed by atoms with Gasteiger partial charge < -0.3 is 14.8 Å². The van der Waals surface area contributed by atoms with Crippen molar-refractivity contribution in [3.05, 3.63) is 72.3 Å². The molecule has 1 unspecified atom stereocenters. The molecule has 1 aromatic heterocycles. The van der Waals surface area contributed by atoms with Gasteiger partial charge in [-0.2, -0.15) is 5.10 Å². The molecule has 3 aromatic rings. The van der Waals surface area contributed by atoms with Crippen LogP contribution >= 0.6 is 0 Å². The Morgan fingerprint density at radius 2 is 1.89 bits per heavy atom. The Kier molecular flexibility index (Phi) is 5.69. The van der Waals surface area contributed by atoms with Gasteiger partial charge in [0, 0.05) is 5.69 Å². The van der Waals surface area contributed by atoms with E-state index in [1.807, 2.05) is 30.3 Å². The molecule has 0 spiro atoms. The molecule has 2 aromatic carbocycles. The normalized spacial score (nSPS) is 11.5. The maximum atomic E-state index is 13.2. The first kappa shape index (κ1) is 19.1. The van der Waals surface area contributed by atoms with Crippen LogP contribution in [0.3, 0.4) is 0 Å². The van der Waals surface area contributed by atoms with E-state index in [2.05, 4.69) is 10.4 Å². The molecule has 0 bridgehead atoms. The summed E-state index contributed by atoms with van der Waals surface area (Å²) < 4.78 is 25.1. The Morgan fingerprint density at radius 3 is 2.57 bits per heavy atom. The fraction of sp³-hybridized carbons (Fsp3) is 0.150. The zero-order valence-electron chi connectivity index (χ0n) is 15.3. The molecule has 1 heterocycles. The standard InChI is InChI=1S/C20H18FN3O4/c1-13(19(25)22-15-8-6-7-14(21)11-15)28-20(26)18-17(27-2)12-24(23-18)16-9-4-3-5-10-16/h3-13H,1-2H3,(H,22,25). The van der Waals surface area contributed by atoms with Gasteiger partial charge in [0.2, 0.25) is 5.69 Å². The monoisotopic (exact) mass is 383 g/mol. The highest BCUT2D eigenvalue weighted by Crippen LogP contribution is 2.21. The lowest BCUT2D eigenvalue weighted by atomic mass is 10.3. The Bertz CT molecular complexity index is 988. The van der Waals surface area contributed by atoms with Crippen LogP contribution in [0, 0.1) is 5.82 Å². The van der Waals surface area contributed by atoms with Crippen LogP contribution in [-0.4, -0.2) is 34.9 Å². The highest BCUT2D eigenvalue weighted by Gasteiger charge is 2.25. The van der Waals surface area contributed by atoms with Gasteiger partial charge in [0.25, 0.3) is 5.91 Å². The molecule has 0 aliphatic carbocycles. The van der Waals surface area contributed by atoms with Crippen LogP contribution in [0.15, 0.2) is 60.8 Å². The first-order chi connectivity index (χ1) is 13.5. The van der Waals surface area contributed by atoms with Crippen molar-refractivity contribution in [3.8, 4) is 11.4 Å². The number of aromatic nitrogens is 2. The SMILES string of the molecule is COc1cn(-c2ccccc2)nc1C(=O)OC(C)C(=O)Nc1cccc(F)c1. The van der Waals surface area contributed by atoms with Crippen molar-refractivity contribution in [1.29, 1.82) is 0 Å². The molecule has 7 nitrogen and oxygen atoms in total. The quantitative estimate of drug-likeness (QED) is 0.661. The van der Waals surface area contributed by atoms with Gasteiger partial charge in [-0.1, -0.05) is 24.3 Å². The number of rotatable bonds is 6. The van der Waals surface area contributed by atoms with Gasteiger partial charge in [-0.3, -0.25) is 4.79 Å². The summed E-state index contributed by atoms with van der Waals surface area (Å²) in [5.74, 6) is -1.68. The Balaban J connectivity index is 1.71. The molecule has 144 valence electrons. The van der Waals surface area contributed by atoms with E-state index in [1.54, 1.807) is 6.20 Å². The maximum absolute atomic E-state index is 13.2. The number of carbonyl (C=O) groups is 2. The van der Waals surface area contributed by atoms with E-state index in [1.165, 1.54) is 36.9 Å². The van der Waals surface area contributed by atoms with Crippen molar-refractivity contribution < 1.29 is 23.5 Å². The Hall–Kier alpha value is -3.68. The lowest BCUT2D eigenvalue weighted by Crippen LogP contribution is -2.30. The topological polar surface area (TPSA) is 82.5 Å². The van der Waals surface area contributed by atoms with E-state index in [0.29, 0.717) is 0 Å². The zero-order valence-corrected chi connectivity index (χ0v) is 15.3. The van der Waals surface area contributed by atoms with Crippen LogP contribution < -0.4 is 10.1 Å². The molecular weight excluding hydrogens is 365 g/mol. The second kappa shape index (κ2) is 8.34. The zero-order chi connectivity index (χ0) is 20.1. The second-order valence-electron chi connectivity index (χ2n) is 5.87. The van der Waals surface area contributed by atoms with Crippen LogP contribution in [0.5, 0.6) is 5.75 Å². The molecular formula is C20H18FN3O4. The molecule has 3 rings (SSSR count). The van der Waals surface area contributed by atoms with Gasteiger partial charge in [-0.25, -0.2) is 13.9 Å².